The molecule has 0 heterocycles. The number of amides is 1. The molecule has 0 bridgehead atoms. The molecule has 0 saturated carbocycles. The molecule has 0 fully saturated rings. The molecule has 1 rings (SSSR count). The first-order valence-corrected chi connectivity index (χ1v) is 5.51. The maximum atomic E-state index is 13.3. The molecular weight excluding hydrogens is 242 g/mol. The van der Waals surface area contributed by atoms with Crippen molar-refractivity contribution in [2.75, 3.05) is 20.2 Å². The summed E-state index contributed by atoms with van der Waals surface area (Å²) in [5.41, 5.74) is 5.70. The zero-order valence-corrected chi connectivity index (χ0v) is 10.1. The molecule has 0 saturated heterocycles. The van der Waals surface area contributed by atoms with Gasteiger partial charge in [0.05, 0.1) is 6.61 Å². The average molecular weight is 258 g/mol. The van der Waals surface area contributed by atoms with Crippen molar-refractivity contribution in [1.82, 2.24) is 4.90 Å². The number of nitrogens with zero attached hydrogens (tertiary/aromatic N) is 1. The second kappa shape index (κ2) is 6.42. The lowest BCUT2D eigenvalue weighted by atomic mass is 10.1. The van der Waals surface area contributed by atoms with Crippen LogP contribution in [0.3, 0.4) is 0 Å². The molecule has 1 unspecified atom stereocenters. The molecular formula is C12H16F2N2O2. The van der Waals surface area contributed by atoms with Crippen LogP contribution in [-0.2, 0) is 11.2 Å². The van der Waals surface area contributed by atoms with Crippen molar-refractivity contribution in [1.29, 1.82) is 0 Å². The SMILES string of the molecule is CN(CCc1ccc(F)cc1F)C(=O)C(N)CO. The third-order valence-corrected chi connectivity index (χ3v) is 2.62. The number of hydrogen-bond acceptors (Lipinski definition) is 3. The first kappa shape index (κ1) is 14.5. The first-order chi connectivity index (χ1) is 8.45. The van der Waals surface area contributed by atoms with Gasteiger partial charge in [-0.3, -0.25) is 4.79 Å². The van der Waals surface area contributed by atoms with Crippen molar-refractivity contribution in [3.63, 3.8) is 0 Å². The van der Waals surface area contributed by atoms with Gasteiger partial charge in [-0.05, 0) is 18.1 Å². The minimum absolute atomic E-state index is 0.245. The van der Waals surface area contributed by atoms with Gasteiger partial charge in [-0.2, -0.15) is 0 Å². The summed E-state index contributed by atoms with van der Waals surface area (Å²) in [4.78, 5) is 12.8. The first-order valence-electron chi connectivity index (χ1n) is 5.51. The summed E-state index contributed by atoms with van der Waals surface area (Å²) in [6.07, 6.45) is 0.256. The van der Waals surface area contributed by atoms with E-state index in [0.29, 0.717) is 5.56 Å². The smallest absolute Gasteiger partial charge is 0.241 e. The quantitative estimate of drug-likeness (QED) is 0.797. The summed E-state index contributed by atoms with van der Waals surface area (Å²) in [7, 11) is 1.51. The summed E-state index contributed by atoms with van der Waals surface area (Å²) < 4.78 is 26.0. The summed E-state index contributed by atoms with van der Waals surface area (Å²) >= 11 is 0. The summed E-state index contributed by atoms with van der Waals surface area (Å²) in [6, 6.07) is 2.35. The van der Waals surface area contributed by atoms with Crippen LogP contribution in [0.5, 0.6) is 0 Å². The molecule has 100 valence electrons. The number of rotatable bonds is 5. The molecule has 18 heavy (non-hydrogen) atoms. The number of benzene rings is 1. The van der Waals surface area contributed by atoms with E-state index in [9.17, 15) is 13.6 Å². The van der Waals surface area contributed by atoms with Crippen LogP contribution in [0.15, 0.2) is 18.2 Å². The molecule has 0 aliphatic heterocycles. The normalized spacial score (nSPS) is 12.3. The highest BCUT2D eigenvalue weighted by molar-refractivity contribution is 5.81. The van der Waals surface area contributed by atoms with E-state index in [0.717, 1.165) is 6.07 Å². The number of hydrogen-bond donors (Lipinski definition) is 2. The number of aliphatic hydroxyl groups is 1. The minimum atomic E-state index is -0.965. The van der Waals surface area contributed by atoms with Gasteiger partial charge in [0.15, 0.2) is 0 Å². The van der Waals surface area contributed by atoms with Crippen LogP contribution in [0.2, 0.25) is 0 Å². The molecule has 0 aliphatic rings. The van der Waals surface area contributed by atoms with Gasteiger partial charge in [-0.15, -0.1) is 0 Å². The van der Waals surface area contributed by atoms with Gasteiger partial charge < -0.3 is 15.7 Å². The van der Waals surface area contributed by atoms with E-state index in [4.69, 9.17) is 10.8 Å². The summed E-state index contributed by atoms with van der Waals surface area (Å²) in [5.74, 6) is -1.69. The number of nitrogens with two attached hydrogens (primary N) is 1. The molecule has 0 spiro atoms. The third-order valence-electron chi connectivity index (χ3n) is 2.62. The highest BCUT2D eigenvalue weighted by Crippen LogP contribution is 2.10. The van der Waals surface area contributed by atoms with E-state index in [-0.39, 0.29) is 13.0 Å². The second-order valence-electron chi connectivity index (χ2n) is 4.03. The van der Waals surface area contributed by atoms with Crippen molar-refractivity contribution in [2.45, 2.75) is 12.5 Å². The van der Waals surface area contributed by atoms with Gasteiger partial charge in [-0.25, -0.2) is 8.78 Å². The van der Waals surface area contributed by atoms with Crippen LogP contribution in [0.4, 0.5) is 8.78 Å². The third kappa shape index (κ3) is 3.75. The fraction of sp³-hybridized carbons (Fsp3) is 0.417. The number of aliphatic hydroxyl groups excluding tert-OH is 1. The maximum absolute atomic E-state index is 13.3. The maximum Gasteiger partial charge on any atom is 0.241 e. The Morgan fingerprint density at radius 2 is 2.17 bits per heavy atom. The monoisotopic (exact) mass is 258 g/mol. The molecule has 0 radical (unpaired) electrons. The largest absolute Gasteiger partial charge is 0.394 e. The van der Waals surface area contributed by atoms with Gasteiger partial charge in [0.2, 0.25) is 5.91 Å². The highest BCUT2D eigenvalue weighted by atomic mass is 19.1. The zero-order chi connectivity index (χ0) is 13.7. The number of carbonyl (C=O) groups is 1. The van der Waals surface area contributed by atoms with E-state index in [2.05, 4.69) is 0 Å². The second-order valence-corrected chi connectivity index (χ2v) is 4.03. The van der Waals surface area contributed by atoms with E-state index >= 15 is 0 Å². The van der Waals surface area contributed by atoms with Crippen LogP contribution in [0.1, 0.15) is 5.56 Å². The van der Waals surface area contributed by atoms with Gasteiger partial charge >= 0.3 is 0 Å². The van der Waals surface area contributed by atoms with Gasteiger partial charge in [0, 0.05) is 19.7 Å². The highest BCUT2D eigenvalue weighted by Gasteiger charge is 2.17. The van der Waals surface area contributed by atoms with Crippen molar-refractivity contribution in [3.05, 3.63) is 35.4 Å². The minimum Gasteiger partial charge on any atom is -0.394 e. The Morgan fingerprint density at radius 1 is 1.50 bits per heavy atom. The topological polar surface area (TPSA) is 66.6 Å². The fourth-order valence-corrected chi connectivity index (χ4v) is 1.48. The standard InChI is InChI=1S/C12H16F2N2O2/c1-16(12(18)11(15)7-17)5-4-8-2-3-9(13)6-10(8)14/h2-3,6,11,17H,4-5,7,15H2,1H3. The van der Waals surface area contributed by atoms with Crippen LogP contribution < -0.4 is 5.73 Å². The van der Waals surface area contributed by atoms with Gasteiger partial charge in [0.25, 0.3) is 0 Å². The lowest BCUT2D eigenvalue weighted by molar-refractivity contribution is -0.132. The molecule has 0 aromatic heterocycles. The molecule has 0 aliphatic carbocycles. The van der Waals surface area contributed by atoms with Crippen LogP contribution in [0.25, 0.3) is 0 Å². The Labute approximate surface area is 104 Å². The number of halogens is 2. The predicted octanol–water partition coefficient (Wildman–Crippen LogP) is 0.285. The van der Waals surface area contributed by atoms with Gasteiger partial charge in [-0.1, -0.05) is 6.07 Å². The Morgan fingerprint density at radius 3 is 2.72 bits per heavy atom. The Balaban J connectivity index is 2.57. The molecule has 6 heteroatoms. The summed E-state index contributed by atoms with van der Waals surface area (Å²) in [6.45, 7) is -0.191. The van der Waals surface area contributed by atoms with E-state index in [1.807, 2.05) is 0 Å². The van der Waals surface area contributed by atoms with E-state index in [1.165, 1.54) is 24.1 Å². The molecule has 1 aromatic rings. The average Bonchev–Trinajstić information content (AvgIpc) is 2.35. The Bertz CT molecular complexity index is 427. The molecule has 1 amide bonds. The number of carbonyl (C=O) groups excluding carboxylic acids is 1. The van der Waals surface area contributed by atoms with Gasteiger partial charge in [0.1, 0.15) is 17.7 Å². The van der Waals surface area contributed by atoms with E-state index in [1.54, 1.807) is 0 Å². The Kier molecular flexibility index (Phi) is 5.18. The molecule has 1 atom stereocenters. The zero-order valence-electron chi connectivity index (χ0n) is 10.1. The van der Waals surface area contributed by atoms with E-state index < -0.39 is 30.2 Å². The fourth-order valence-electron chi connectivity index (χ4n) is 1.48. The summed E-state index contributed by atoms with van der Waals surface area (Å²) in [5, 5.41) is 8.74. The lowest BCUT2D eigenvalue weighted by Gasteiger charge is -2.20. The lowest BCUT2D eigenvalue weighted by Crippen LogP contribution is -2.44. The van der Waals surface area contributed by atoms with Crippen LogP contribution in [0, 0.1) is 11.6 Å². The molecule has 3 N–H and O–H groups in total. The molecule has 1 aromatic carbocycles. The number of likely N-dealkylation sites (N-methyl/N-ethyl adjacent to an activating group) is 1. The van der Waals surface area contributed by atoms with Crippen molar-refractivity contribution in [2.24, 2.45) is 5.73 Å². The van der Waals surface area contributed by atoms with Crippen molar-refractivity contribution < 1.29 is 18.7 Å². The Hall–Kier alpha value is -1.53. The molecule has 4 nitrogen and oxygen atoms in total. The van der Waals surface area contributed by atoms with Crippen LogP contribution >= 0.6 is 0 Å². The van der Waals surface area contributed by atoms with Crippen molar-refractivity contribution >= 4 is 5.91 Å². The van der Waals surface area contributed by atoms with Crippen molar-refractivity contribution in [3.8, 4) is 0 Å². The predicted molar refractivity (Wildman–Crippen MR) is 62.8 cm³/mol. The van der Waals surface area contributed by atoms with Crippen LogP contribution in [-0.4, -0.2) is 42.2 Å².